The van der Waals surface area contributed by atoms with Crippen LogP contribution in [0.3, 0.4) is 0 Å². The van der Waals surface area contributed by atoms with Gasteiger partial charge in [-0.2, -0.15) is 0 Å². The molecule has 0 bridgehead atoms. The van der Waals surface area contributed by atoms with Crippen LogP contribution in [0.1, 0.15) is 45.4 Å². The fourth-order valence-electron chi connectivity index (χ4n) is 4.02. The molecule has 0 aromatic carbocycles. The molecule has 3 aliphatic rings. The van der Waals surface area contributed by atoms with Crippen molar-refractivity contribution in [2.45, 2.75) is 45.4 Å². The molecule has 0 aromatic heterocycles. The van der Waals surface area contributed by atoms with Gasteiger partial charge >= 0.3 is 0 Å². The lowest BCUT2D eigenvalue weighted by Gasteiger charge is -2.25. The molecule has 0 N–H and O–H groups in total. The van der Waals surface area contributed by atoms with Crippen LogP contribution in [0, 0.1) is 11.3 Å². The van der Waals surface area contributed by atoms with E-state index in [-0.39, 0.29) is 0 Å². The average molecular weight is 176 g/mol. The number of carbonyl (C=O) groups is 1. The second-order valence-electron chi connectivity index (χ2n) is 4.99. The van der Waals surface area contributed by atoms with E-state index in [1.165, 1.54) is 32.1 Å². The topological polar surface area (TPSA) is 17.1 Å². The first kappa shape index (κ1) is 7.78. The van der Waals surface area contributed by atoms with Crippen molar-refractivity contribution in [3.05, 3.63) is 11.1 Å². The summed E-state index contributed by atoms with van der Waals surface area (Å²) in [7, 11) is 0. The molecule has 0 amide bonds. The maximum absolute atomic E-state index is 11.7. The van der Waals surface area contributed by atoms with Crippen molar-refractivity contribution in [2.75, 3.05) is 0 Å². The Labute approximate surface area is 79.2 Å². The molecule has 0 heterocycles. The molecule has 0 saturated heterocycles. The quantitative estimate of drug-likeness (QED) is 0.554. The number of allylic oxidation sites excluding steroid dienone is 2. The molecular weight excluding hydrogens is 160 g/mol. The van der Waals surface area contributed by atoms with Crippen molar-refractivity contribution in [3.8, 4) is 0 Å². The molecule has 3 rings (SSSR count). The highest BCUT2D eigenvalue weighted by Crippen LogP contribution is 2.63. The molecule has 1 nitrogen and oxygen atoms in total. The Morgan fingerprint density at radius 3 is 3.08 bits per heavy atom. The van der Waals surface area contributed by atoms with Gasteiger partial charge in [0.15, 0.2) is 5.78 Å². The van der Waals surface area contributed by atoms with E-state index >= 15 is 0 Å². The van der Waals surface area contributed by atoms with Crippen LogP contribution in [-0.4, -0.2) is 5.78 Å². The van der Waals surface area contributed by atoms with Crippen molar-refractivity contribution in [1.29, 1.82) is 0 Å². The van der Waals surface area contributed by atoms with E-state index in [0.29, 0.717) is 11.2 Å². The van der Waals surface area contributed by atoms with Gasteiger partial charge in [0, 0.05) is 11.8 Å². The van der Waals surface area contributed by atoms with Crippen molar-refractivity contribution < 1.29 is 4.79 Å². The Bertz CT molecular complexity index is 313. The van der Waals surface area contributed by atoms with E-state index in [4.69, 9.17) is 0 Å². The summed E-state index contributed by atoms with van der Waals surface area (Å²) in [5.41, 5.74) is 3.07. The molecule has 2 atom stereocenters. The van der Waals surface area contributed by atoms with Crippen molar-refractivity contribution >= 4 is 5.78 Å². The van der Waals surface area contributed by atoms with Gasteiger partial charge in [-0.15, -0.1) is 0 Å². The molecule has 13 heavy (non-hydrogen) atoms. The standard InChI is InChI=1S/C12H16O/c1-8-10-5-4-9-3-2-6-12(9,10)7-11(8)13/h9H,2-7H2,1H3. The number of Topliss-reactive ketones (excluding diaryl/α,β-unsaturated/α-hetero) is 1. The predicted molar refractivity (Wildman–Crippen MR) is 51.3 cm³/mol. The van der Waals surface area contributed by atoms with Crippen LogP contribution in [0.4, 0.5) is 0 Å². The van der Waals surface area contributed by atoms with Gasteiger partial charge in [-0.05, 0) is 44.1 Å². The molecule has 1 spiro atoms. The summed E-state index contributed by atoms with van der Waals surface area (Å²) < 4.78 is 0. The minimum absolute atomic E-state index is 0.390. The summed E-state index contributed by atoms with van der Waals surface area (Å²) in [6, 6.07) is 0. The van der Waals surface area contributed by atoms with Crippen molar-refractivity contribution in [1.82, 2.24) is 0 Å². The fraction of sp³-hybridized carbons (Fsp3) is 0.750. The maximum atomic E-state index is 11.7. The third-order valence-corrected chi connectivity index (χ3v) is 4.65. The highest BCUT2D eigenvalue weighted by molar-refractivity contribution is 5.99. The molecular formula is C12H16O. The zero-order valence-corrected chi connectivity index (χ0v) is 8.23. The first-order valence-corrected chi connectivity index (χ1v) is 5.47. The molecule has 2 fully saturated rings. The van der Waals surface area contributed by atoms with Crippen LogP contribution in [-0.2, 0) is 4.79 Å². The van der Waals surface area contributed by atoms with Gasteiger partial charge < -0.3 is 0 Å². The van der Waals surface area contributed by atoms with Gasteiger partial charge in [0.1, 0.15) is 0 Å². The Morgan fingerprint density at radius 1 is 1.38 bits per heavy atom. The third kappa shape index (κ3) is 0.762. The number of hydrogen-bond acceptors (Lipinski definition) is 1. The first-order chi connectivity index (χ1) is 6.24. The highest BCUT2D eigenvalue weighted by atomic mass is 16.1. The summed E-state index contributed by atoms with van der Waals surface area (Å²) >= 11 is 0. The average Bonchev–Trinajstić information content (AvgIpc) is 2.64. The number of ketones is 1. The van der Waals surface area contributed by atoms with Gasteiger partial charge in [0.05, 0.1) is 0 Å². The number of rotatable bonds is 0. The SMILES string of the molecule is CC1=C2CCC3CCCC23CC1=O. The van der Waals surface area contributed by atoms with E-state index in [1.54, 1.807) is 5.57 Å². The predicted octanol–water partition coefficient (Wildman–Crippen LogP) is 2.86. The van der Waals surface area contributed by atoms with Crippen LogP contribution in [0.5, 0.6) is 0 Å². The van der Waals surface area contributed by atoms with E-state index in [9.17, 15) is 4.79 Å². The third-order valence-electron chi connectivity index (χ3n) is 4.65. The van der Waals surface area contributed by atoms with E-state index in [0.717, 1.165) is 17.9 Å². The highest BCUT2D eigenvalue weighted by Gasteiger charge is 2.54. The lowest BCUT2D eigenvalue weighted by Crippen LogP contribution is -2.19. The lowest BCUT2D eigenvalue weighted by atomic mass is 9.78. The largest absolute Gasteiger partial charge is 0.295 e. The van der Waals surface area contributed by atoms with E-state index < -0.39 is 0 Å². The van der Waals surface area contributed by atoms with Crippen LogP contribution >= 0.6 is 0 Å². The van der Waals surface area contributed by atoms with Gasteiger partial charge in [-0.25, -0.2) is 0 Å². The molecule has 70 valence electrons. The normalized spacial score (nSPS) is 42.8. The zero-order chi connectivity index (χ0) is 9.05. The van der Waals surface area contributed by atoms with Gasteiger partial charge in [-0.3, -0.25) is 4.79 Å². The minimum Gasteiger partial charge on any atom is -0.295 e. The first-order valence-electron chi connectivity index (χ1n) is 5.47. The van der Waals surface area contributed by atoms with Crippen LogP contribution in [0.15, 0.2) is 11.1 Å². The van der Waals surface area contributed by atoms with Crippen LogP contribution < -0.4 is 0 Å². The van der Waals surface area contributed by atoms with E-state index in [2.05, 4.69) is 0 Å². The minimum atomic E-state index is 0.390. The Kier molecular flexibility index (Phi) is 1.35. The zero-order valence-electron chi connectivity index (χ0n) is 8.23. The molecule has 2 unspecified atom stereocenters. The van der Waals surface area contributed by atoms with Gasteiger partial charge in [0.2, 0.25) is 0 Å². The van der Waals surface area contributed by atoms with Crippen LogP contribution in [0.2, 0.25) is 0 Å². The molecule has 0 aromatic rings. The van der Waals surface area contributed by atoms with Crippen molar-refractivity contribution in [3.63, 3.8) is 0 Å². The summed E-state index contributed by atoms with van der Waals surface area (Å²) in [5.74, 6) is 1.31. The molecule has 0 aliphatic heterocycles. The van der Waals surface area contributed by atoms with Gasteiger partial charge in [-0.1, -0.05) is 12.0 Å². The van der Waals surface area contributed by atoms with Gasteiger partial charge in [0.25, 0.3) is 0 Å². The second-order valence-corrected chi connectivity index (χ2v) is 4.99. The summed E-state index contributed by atoms with van der Waals surface area (Å²) in [6.07, 6.45) is 7.48. The Morgan fingerprint density at radius 2 is 2.23 bits per heavy atom. The van der Waals surface area contributed by atoms with Crippen molar-refractivity contribution in [2.24, 2.45) is 11.3 Å². The Balaban J connectivity index is 2.13. The molecule has 2 saturated carbocycles. The maximum Gasteiger partial charge on any atom is 0.159 e. The van der Waals surface area contributed by atoms with Crippen LogP contribution in [0.25, 0.3) is 0 Å². The molecule has 0 radical (unpaired) electrons. The summed E-state index contributed by atoms with van der Waals surface area (Å²) in [5, 5.41) is 0. The number of hydrogen-bond donors (Lipinski definition) is 0. The lowest BCUT2D eigenvalue weighted by molar-refractivity contribution is -0.116. The summed E-state index contributed by atoms with van der Waals surface area (Å²) in [6.45, 7) is 2.05. The summed E-state index contributed by atoms with van der Waals surface area (Å²) in [4.78, 5) is 11.7. The van der Waals surface area contributed by atoms with E-state index in [1.807, 2.05) is 6.92 Å². The monoisotopic (exact) mass is 176 g/mol. The molecule has 3 aliphatic carbocycles. The molecule has 1 heteroatoms. The number of carbonyl (C=O) groups excluding carboxylic acids is 1. The fourth-order valence-corrected chi connectivity index (χ4v) is 4.02. The second kappa shape index (κ2) is 2.26. The Hall–Kier alpha value is -0.590. The smallest absolute Gasteiger partial charge is 0.159 e.